The maximum Gasteiger partial charge on any atom is 0.308 e. The zero-order valence-electron chi connectivity index (χ0n) is 16.1. The summed E-state index contributed by atoms with van der Waals surface area (Å²) in [4.78, 5) is 36.7. The summed E-state index contributed by atoms with van der Waals surface area (Å²) in [6.07, 6.45) is 0.515. The first kappa shape index (κ1) is 20.3. The third-order valence-corrected chi connectivity index (χ3v) is 5.06. The number of anilines is 1. The van der Waals surface area contributed by atoms with Crippen molar-refractivity contribution < 1.29 is 19.6 Å². The molecule has 1 heterocycles. The first-order valence-corrected chi connectivity index (χ1v) is 9.43. The van der Waals surface area contributed by atoms with Gasteiger partial charge in [0, 0.05) is 31.3 Å². The van der Waals surface area contributed by atoms with E-state index in [-0.39, 0.29) is 29.6 Å². The van der Waals surface area contributed by atoms with Crippen molar-refractivity contribution in [3.8, 4) is 0 Å². The fourth-order valence-electron chi connectivity index (χ4n) is 3.64. The summed E-state index contributed by atoms with van der Waals surface area (Å²) in [5.41, 5.74) is 1.29. The van der Waals surface area contributed by atoms with E-state index in [1.165, 1.54) is 23.1 Å². The average molecular weight is 397 g/mol. The Morgan fingerprint density at radius 3 is 2.59 bits per heavy atom. The number of aliphatic carboxylic acids is 1. The van der Waals surface area contributed by atoms with Gasteiger partial charge in [0.05, 0.1) is 10.8 Å². The van der Waals surface area contributed by atoms with Crippen LogP contribution < -0.4 is 5.32 Å². The highest BCUT2D eigenvalue weighted by atomic mass is 16.6. The van der Waals surface area contributed by atoms with Crippen molar-refractivity contribution in [1.29, 1.82) is 0 Å². The highest BCUT2D eigenvalue weighted by Gasteiger charge is 2.32. The van der Waals surface area contributed by atoms with E-state index >= 15 is 0 Å². The predicted octanol–water partition coefficient (Wildman–Crippen LogP) is 3.39. The van der Waals surface area contributed by atoms with Crippen LogP contribution in [0.3, 0.4) is 0 Å². The van der Waals surface area contributed by atoms with E-state index in [4.69, 9.17) is 0 Å². The van der Waals surface area contributed by atoms with Crippen LogP contribution in [-0.4, -0.2) is 39.9 Å². The molecule has 3 rings (SSSR count). The number of carbonyl (C=O) groups is 2. The van der Waals surface area contributed by atoms with Gasteiger partial charge in [-0.25, -0.2) is 0 Å². The molecule has 152 valence electrons. The number of nitrogens with one attached hydrogen (secondary N) is 1. The maximum absolute atomic E-state index is 12.9. The number of benzene rings is 2. The second-order valence-electron chi connectivity index (χ2n) is 7.41. The van der Waals surface area contributed by atoms with Crippen LogP contribution >= 0.6 is 0 Å². The molecule has 0 saturated carbocycles. The van der Waals surface area contributed by atoms with E-state index in [0.29, 0.717) is 25.2 Å². The van der Waals surface area contributed by atoms with Crippen molar-refractivity contribution in [1.82, 2.24) is 4.90 Å². The molecule has 8 heteroatoms. The molecule has 2 atom stereocenters. The van der Waals surface area contributed by atoms with Gasteiger partial charge in [-0.2, -0.15) is 0 Å². The topological polar surface area (TPSA) is 113 Å². The summed E-state index contributed by atoms with van der Waals surface area (Å²) >= 11 is 0. The lowest BCUT2D eigenvalue weighted by Crippen LogP contribution is -2.45. The lowest BCUT2D eigenvalue weighted by atomic mass is 9.90. The monoisotopic (exact) mass is 397 g/mol. The number of hydrogen-bond donors (Lipinski definition) is 2. The quantitative estimate of drug-likeness (QED) is 0.571. The number of likely N-dealkylation sites (tertiary alicyclic amines) is 1. The third-order valence-electron chi connectivity index (χ3n) is 5.06. The van der Waals surface area contributed by atoms with Gasteiger partial charge in [0.1, 0.15) is 5.69 Å². The molecule has 2 N–H and O–H groups in total. The smallest absolute Gasteiger partial charge is 0.308 e. The molecule has 0 aliphatic carbocycles. The van der Waals surface area contributed by atoms with E-state index in [1.54, 1.807) is 0 Å². The highest BCUT2D eigenvalue weighted by Crippen LogP contribution is 2.28. The number of amides is 1. The van der Waals surface area contributed by atoms with Gasteiger partial charge in [-0.05, 0) is 30.0 Å². The molecule has 1 aliphatic heterocycles. The van der Waals surface area contributed by atoms with Crippen LogP contribution in [0.15, 0.2) is 48.5 Å². The summed E-state index contributed by atoms with van der Waals surface area (Å²) in [6.45, 7) is 2.86. The zero-order chi connectivity index (χ0) is 21.0. The lowest BCUT2D eigenvalue weighted by Gasteiger charge is -2.34. The highest BCUT2D eigenvalue weighted by molar-refractivity contribution is 5.96. The Morgan fingerprint density at radius 2 is 1.93 bits per heavy atom. The Morgan fingerprint density at radius 1 is 1.21 bits per heavy atom. The molecule has 0 aromatic heterocycles. The molecule has 0 bridgehead atoms. The first-order valence-electron chi connectivity index (χ1n) is 9.43. The average Bonchev–Trinajstić information content (AvgIpc) is 2.71. The summed E-state index contributed by atoms with van der Waals surface area (Å²) < 4.78 is 0. The van der Waals surface area contributed by atoms with Crippen molar-refractivity contribution in [3.05, 3.63) is 69.8 Å². The van der Waals surface area contributed by atoms with Gasteiger partial charge in [0.2, 0.25) is 0 Å². The molecule has 1 fully saturated rings. The van der Waals surface area contributed by atoms with Gasteiger partial charge < -0.3 is 15.3 Å². The van der Waals surface area contributed by atoms with Crippen LogP contribution in [0.25, 0.3) is 0 Å². The molecule has 2 unspecified atom stereocenters. The molecule has 1 aliphatic rings. The van der Waals surface area contributed by atoms with Crippen molar-refractivity contribution >= 4 is 23.3 Å². The van der Waals surface area contributed by atoms with Crippen LogP contribution in [-0.2, 0) is 11.3 Å². The van der Waals surface area contributed by atoms with Crippen molar-refractivity contribution in [3.63, 3.8) is 0 Å². The number of carbonyl (C=O) groups excluding carboxylic acids is 1. The van der Waals surface area contributed by atoms with E-state index in [1.807, 2.05) is 37.3 Å². The molecule has 0 spiro atoms. The van der Waals surface area contributed by atoms with Gasteiger partial charge in [-0.3, -0.25) is 19.7 Å². The van der Waals surface area contributed by atoms with Crippen molar-refractivity contribution in [2.45, 2.75) is 19.9 Å². The fraction of sp³-hybridized carbons (Fsp3) is 0.333. The van der Waals surface area contributed by atoms with Gasteiger partial charge in [0.25, 0.3) is 11.6 Å². The van der Waals surface area contributed by atoms with Crippen LogP contribution in [0.1, 0.15) is 29.3 Å². The van der Waals surface area contributed by atoms with E-state index in [0.717, 1.165) is 5.56 Å². The van der Waals surface area contributed by atoms with Gasteiger partial charge in [-0.15, -0.1) is 0 Å². The number of carboxylic acids is 1. The molecule has 0 radical (unpaired) electrons. The predicted molar refractivity (Wildman–Crippen MR) is 108 cm³/mol. The standard InChI is InChI=1S/C21H23N3O5/c1-14-9-17(21(26)27)13-23(12-14)20(25)16-7-8-18(19(10-16)24(28)29)22-11-15-5-3-2-4-6-15/h2-8,10,14,17,22H,9,11-13H2,1H3,(H,26,27). The lowest BCUT2D eigenvalue weighted by molar-refractivity contribution is -0.384. The number of carboxylic acid groups (broad SMARTS) is 1. The molecule has 1 amide bonds. The van der Waals surface area contributed by atoms with Crippen molar-refractivity contribution in [2.75, 3.05) is 18.4 Å². The molecule has 29 heavy (non-hydrogen) atoms. The zero-order valence-corrected chi connectivity index (χ0v) is 16.1. The van der Waals surface area contributed by atoms with Crippen LogP contribution in [0.5, 0.6) is 0 Å². The number of nitro benzene ring substituents is 1. The number of rotatable bonds is 6. The van der Waals surface area contributed by atoms with E-state index in [9.17, 15) is 24.8 Å². The number of nitrogens with zero attached hydrogens (tertiary/aromatic N) is 2. The first-order chi connectivity index (χ1) is 13.8. The largest absolute Gasteiger partial charge is 0.481 e. The Kier molecular flexibility index (Phi) is 6.11. The molecular formula is C21H23N3O5. The molecule has 1 saturated heterocycles. The number of hydrogen-bond acceptors (Lipinski definition) is 5. The van der Waals surface area contributed by atoms with Crippen LogP contribution in [0.2, 0.25) is 0 Å². The summed E-state index contributed by atoms with van der Waals surface area (Å²) in [7, 11) is 0. The molecule has 2 aromatic rings. The van der Waals surface area contributed by atoms with Crippen LogP contribution in [0.4, 0.5) is 11.4 Å². The second kappa shape index (κ2) is 8.72. The van der Waals surface area contributed by atoms with Crippen LogP contribution in [0, 0.1) is 22.0 Å². The SMILES string of the molecule is CC1CC(C(=O)O)CN(C(=O)c2ccc(NCc3ccccc3)c([N+](=O)[O-])c2)C1. The molecule has 2 aromatic carbocycles. The summed E-state index contributed by atoms with van der Waals surface area (Å²) in [5.74, 6) is -1.89. The van der Waals surface area contributed by atoms with E-state index in [2.05, 4.69) is 5.32 Å². The van der Waals surface area contributed by atoms with Gasteiger partial charge in [-0.1, -0.05) is 37.3 Å². The normalized spacial score (nSPS) is 18.9. The maximum atomic E-state index is 12.9. The fourth-order valence-corrected chi connectivity index (χ4v) is 3.64. The Labute approximate surface area is 168 Å². The minimum Gasteiger partial charge on any atom is -0.481 e. The molecular weight excluding hydrogens is 374 g/mol. The second-order valence-corrected chi connectivity index (χ2v) is 7.41. The number of nitro groups is 1. The Hall–Kier alpha value is -3.42. The summed E-state index contributed by atoms with van der Waals surface area (Å²) in [5, 5.41) is 23.9. The molecule has 8 nitrogen and oxygen atoms in total. The summed E-state index contributed by atoms with van der Waals surface area (Å²) in [6, 6.07) is 13.8. The number of piperidine rings is 1. The van der Waals surface area contributed by atoms with E-state index < -0.39 is 16.8 Å². The third kappa shape index (κ3) is 4.90. The minimum absolute atomic E-state index is 0.0515. The van der Waals surface area contributed by atoms with Gasteiger partial charge >= 0.3 is 5.97 Å². The van der Waals surface area contributed by atoms with Gasteiger partial charge in [0.15, 0.2) is 0 Å². The Balaban J connectivity index is 1.79. The Bertz CT molecular complexity index is 916. The van der Waals surface area contributed by atoms with Crippen molar-refractivity contribution in [2.24, 2.45) is 11.8 Å². The minimum atomic E-state index is -0.930.